The molecule has 4 aromatic rings. The van der Waals surface area contributed by atoms with Gasteiger partial charge in [-0.2, -0.15) is 5.10 Å². The fourth-order valence-electron chi connectivity index (χ4n) is 2.83. The van der Waals surface area contributed by atoms with Crippen molar-refractivity contribution in [2.45, 2.75) is 0 Å². The van der Waals surface area contributed by atoms with Crippen molar-refractivity contribution in [2.75, 3.05) is 26.6 Å². The molecule has 8 nitrogen and oxygen atoms in total. The van der Waals surface area contributed by atoms with Gasteiger partial charge in [0.05, 0.1) is 39.2 Å². The number of nitrogens with one attached hydrogen (secondary N) is 2. The van der Waals surface area contributed by atoms with Gasteiger partial charge >= 0.3 is 0 Å². The van der Waals surface area contributed by atoms with E-state index in [-0.39, 0.29) is 0 Å². The second-order valence-electron chi connectivity index (χ2n) is 5.74. The molecular weight excluding hydrogens is 348 g/mol. The molecule has 0 unspecified atom stereocenters. The van der Waals surface area contributed by atoms with Gasteiger partial charge in [-0.05, 0) is 30.3 Å². The number of ether oxygens (including phenoxy) is 3. The highest BCUT2D eigenvalue weighted by Gasteiger charge is 2.16. The summed E-state index contributed by atoms with van der Waals surface area (Å²) in [7, 11) is 4.70. The lowest BCUT2D eigenvalue weighted by molar-refractivity contribution is 0.324. The summed E-state index contributed by atoms with van der Waals surface area (Å²) in [5, 5.41) is 11.1. The topological polar surface area (TPSA) is 94.4 Å². The molecule has 0 saturated carbocycles. The summed E-state index contributed by atoms with van der Waals surface area (Å²) in [6.07, 6.45) is 3.40. The van der Waals surface area contributed by atoms with Gasteiger partial charge in [-0.1, -0.05) is 0 Å². The van der Waals surface area contributed by atoms with Crippen molar-refractivity contribution >= 4 is 22.6 Å². The number of anilines is 2. The van der Waals surface area contributed by atoms with E-state index < -0.39 is 0 Å². The first-order valence-corrected chi connectivity index (χ1v) is 8.18. The third kappa shape index (κ3) is 3.12. The van der Waals surface area contributed by atoms with E-state index in [9.17, 15) is 0 Å². The minimum absolute atomic E-state index is 0.376. The number of benzene rings is 2. The number of hydrogen-bond acceptors (Lipinski definition) is 7. The van der Waals surface area contributed by atoms with Crippen LogP contribution in [-0.2, 0) is 0 Å². The normalized spacial score (nSPS) is 10.8. The molecule has 2 aromatic heterocycles. The number of methoxy groups -OCH3 is 3. The molecule has 0 radical (unpaired) electrons. The maximum absolute atomic E-state index is 5.84. The van der Waals surface area contributed by atoms with Gasteiger partial charge in [-0.25, -0.2) is 4.98 Å². The number of fused-ring (bicyclic) bond motifs is 1. The zero-order valence-corrected chi connectivity index (χ0v) is 15.1. The fraction of sp³-hybridized carbons (Fsp3) is 0.158. The number of H-pyrrole nitrogens is 1. The molecule has 27 heavy (non-hydrogen) atoms. The van der Waals surface area contributed by atoms with Crippen molar-refractivity contribution in [1.29, 1.82) is 0 Å². The van der Waals surface area contributed by atoms with Gasteiger partial charge in [0.15, 0.2) is 17.3 Å². The molecule has 0 fully saturated rings. The van der Waals surface area contributed by atoms with Gasteiger partial charge in [-0.3, -0.25) is 5.10 Å². The smallest absolute Gasteiger partial charge is 0.299 e. The van der Waals surface area contributed by atoms with Crippen molar-refractivity contribution in [3.05, 3.63) is 42.7 Å². The van der Waals surface area contributed by atoms with Gasteiger partial charge in [0.2, 0.25) is 5.75 Å². The molecule has 8 heteroatoms. The molecule has 138 valence electrons. The van der Waals surface area contributed by atoms with Crippen LogP contribution in [0.15, 0.2) is 47.1 Å². The zero-order valence-electron chi connectivity index (χ0n) is 15.1. The van der Waals surface area contributed by atoms with Crippen molar-refractivity contribution in [2.24, 2.45) is 0 Å². The van der Waals surface area contributed by atoms with Crippen LogP contribution in [-0.4, -0.2) is 36.5 Å². The standard InChI is InChI=1S/C19H18N4O4/c1-24-15-7-11(8-16(25-2)18(15)26-3)17-10-20-19(27-17)22-13-4-5-14-12(6-13)9-21-23-14/h4-10H,1-3H3,(H,20,22)(H,21,23). The molecule has 2 aromatic carbocycles. The Hall–Kier alpha value is -3.68. The van der Waals surface area contributed by atoms with E-state index in [1.54, 1.807) is 33.7 Å². The van der Waals surface area contributed by atoms with Crippen molar-refractivity contribution in [3.8, 4) is 28.6 Å². The van der Waals surface area contributed by atoms with Gasteiger partial charge in [0.1, 0.15) is 0 Å². The quantitative estimate of drug-likeness (QED) is 0.533. The summed E-state index contributed by atoms with van der Waals surface area (Å²) in [5.41, 5.74) is 2.57. The lowest BCUT2D eigenvalue weighted by Crippen LogP contribution is -1.95. The van der Waals surface area contributed by atoms with Gasteiger partial charge < -0.3 is 23.9 Å². The third-order valence-corrected chi connectivity index (χ3v) is 4.15. The highest BCUT2D eigenvalue weighted by molar-refractivity contribution is 5.82. The average Bonchev–Trinajstić information content (AvgIpc) is 3.35. The predicted octanol–water partition coefficient (Wildman–Crippen LogP) is 3.99. The monoisotopic (exact) mass is 366 g/mol. The first-order chi connectivity index (χ1) is 13.2. The molecule has 0 saturated heterocycles. The highest BCUT2D eigenvalue weighted by Crippen LogP contribution is 2.41. The number of oxazole rings is 1. The zero-order chi connectivity index (χ0) is 18.8. The van der Waals surface area contributed by atoms with Crippen LogP contribution in [0.3, 0.4) is 0 Å². The minimum atomic E-state index is 0.376. The Morgan fingerprint density at radius 3 is 2.44 bits per heavy atom. The molecule has 0 aliphatic heterocycles. The van der Waals surface area contributed by atoms with Crippen LogP contribution in [0, 0.1) is 0 Å². The summed E-state index contributed by atoms with van der Waals surface area (Å²) in [4.78, 5) is 4.30. The van der Waals surface area contributed by atoms with Crippen LogP contribution in [0.5, 0.6) is 17.2 Å². The molecule has 0 aliphatic carbocycles. The van der Waals surface area contributed by atoms with E-state index in [0.29, 0.717) is 29.0 Å². The lowest BCUT2D eigenvalue weighted by Gasteiger charge is -2.13. The fourth-order valence-corrected chi connectivity index (χ4v) is 2.83. The van der Waals surface area contributed by atoms with E-state index in [4.69, 9.17) is 18.6 Å². The van der Waals surface area contributed by atoms with Gasteiger partial charge in [0.25, 0.3) is 6.01 Å². The van der Waals surface area contributed by atoms with E-state index in [0.717, 1.165) is 22.2 Å². The van der Waals surface area contributed by atoms with E-state index >= 15 is 0 Å². The third-order valence-electron chi connectivity index (χ3n) is 4.15. The van der Waals surface area contributed by atoms with Crippen LogP contribution in [0.2, 0.25) is 0 Å². The molecule has 0 aliphatic rings. The Labute approximate surface area is 155 Å². The second-order valence-corrected chi connectivity index (χ2v) is 5.74. The lowest BCUT2D eigenvalue weighted by atomic mass is 10.1. The van der Waals surface area contributed by atoms with Gasteiger partial charge in [-0.15, -0.1) is 0 Å². The predicted molar refractivity (Wildman–Crippen MR) is 101 cm³/mol. The Balaban J connectivity index is 1.63. The number of aromatic amines is 1. The molecule has 0 spiro atoms. The van der Waals surface area contributed by atoms with E-state index in [1.807, 2.05) is 30.3 Å². The van der Waals surface area contributed by atoms with E-state index in [1.165, 1.54) is 0 Å². The first kappa shape index (κ1) is 16.8. The maximum Gasteiger partial charge on any atom is 0.299 e. The summed E-state index contributed by atoms with van der Waals surface area (Å²) < 4.78 is 22.0. The molecule has 0 amide bonds. The largest absolute Gasteiger partial charge is 0.493 e. The molecule has 4 rings (SSSR count). The number of hydrogen-bond donors (Lipinski definition) is 2. The summed E-state index contributed by atoms with van der Waals surface area (Å²) in [6.45, 7) is 0. The minimum Gasteiger partial charge on any atom is -0.493 e. The van der Waals surface area contributed by atoms with Crippen molar-refractivity contribution in [3.63, 3.8) is 0 Å². The highest BCUT2D eigenvalue weighted by atomic mass is 16.5. The Morgan fingerprint density at radius 1 is 0.963 bits per heavy atom. The molecule has 2 N–H and O–H groups in total. The summed E-state index contributed by atoms with van der Waals surface area (Å²) in [5.74, 6) is 2.18. The van der Waals surface area contributed by atoms with Gasteiger partial charge in [0, 0.05) is 16.6 Å². The van der Waals surface area contributed by atoms with Crippen LogP contribution in [0.25, 0.3) is 22.2 Å². The summed E-state index contributed by atoms with van der Waals surface area (Å²) in [6, 6.07) is 9.81. The number of rotatable bonds is 6. The second kappa shape index (κ2) is 6.91. The molecular formula is C19H18N4O4. The Morgan fingerprint density at radius 2 is 1.74 bits per heavy atom. The van der Waals surface area contributed by atoms with Crippen molar-refractivity contribution in [1.82, 2.24) is 15.2 Å². The van der Waals surface area contributed by atoms with Crippen LogP contribution in [0.4, 0.5) is 11.7 Å². The number of nitrogens with zero attached hydrogens (tertiary/aromatic N) is 2. The number of aromatic nitrogens is 3. The van der Waals surface area contributed by atoms with Crippen LogP contribution < -0.4 is 19.5 Å². The summed E-state index contributed by atoms with van der Waals surface area (Å²) >= 11 is 0. The van der Waals surface area contributed by atoms with Crippen LogP contribution in [0.1, 0.15) is 0 Å². The maximum atomic E-state index is 5.84. The SMILES string of the molecule is COc1cc(-c2cnc(Nc3ccc4[nH]ncc4c3)o2)cc(OC)c1OC. The first-order valence-electron chi connectivity index (χ1n) is 8.18. The van der Waals surface area contributed by atoms with Crippen LogP contribution >= 0.6 is 0 Å². The molecule has 0 atom stereocenters. The Bertz CT molecular complexity index is 1060. The van der Waals surface area contributed by atoms with E-state index in [2.05, 4.69) is 20.5 Å². The van der Waals surface area contributed by atoms with Crippen molar-refractivity contribution < 1.29 is 18.6 Å². The molecule has 2 heterocycles. The average molecular weight is 366 g/mol. The molecule has 0 bridgehead atoms. The Kier molecular flexibility index (Phi) is 4.29.